The van der Waals surface area contributed by atoms with Crippen LogP contribution in [-0.2, 0) is 6.18 Å². The van der Waals surface area contributed by atoms with Crippen molar-refractivity contribution in [2.45, 2.75) is 31.7 Å². The van der Waals surface area contributed by atoms with Gasteiger partial charge in [0, 0.05) is 16.4 Å². The van der Waals surface area contributed by atoms with E-state index in [0.717, 1.165) is 29.5 Å². The Morgan fingerprint density at radius 2 is 1.51 bits per heavy atom. The van der Waals surface area contributed by atoms with Crippen molar-refractivity contribution in [2.75, 3.05) is 28.4 Å². The molecule has 0 fully saturated rings. The highest BCUT2D eigenvalue weighted by Gasteiger charge is 2.32. The van der Waals surface area contributed by atoms with Gasteiger partial charge in [-0.2, -0.15) is 13.2 Å². The van der Waals surface area contributed by atoms with E-state index in [1.54, 1.807) is 25.3 Å². The number of alkyl halides is 3. The summed E-state index contributed by atoms with van der Waals surface area (Å²) in [5.74, 6) is 2.01. The van der Waals surface area contributed by atoms with E-state index in [1.165, 1.54) is 33.5 Å². The van der Waals surface area contributed by atoms with Crippen molar-refractivity contribution in [3.8, 4) is 23.0 Å². The summed E-state index contributed by atoms with van der Waals surface area (Å²) in [6.45, 7) is 3.87. The summed E-state index contributed by atoms with van der Waals surface area (Å²) in [6.07, 6.45) is -2.15. The first kappa shape index (κ1) is 28.2. The van der Waals surface area contributed by atoms with Crippen molar-refractivity contribution in [3.05, 3.63) is 70.8 Å². The maximum absolute atomic E-state index is 13.3. The second kappa shape index (κ2) is 11.8. The zero-order chi connectivity index (χ0) is 27.3. The minimum Gasteiger partial charge on any atom is -0.496 e. The third kappa shape index (κ3) is 6.15. The maximum atomic E-state index is 13.3. The van der Waals surface area contributed by atoms with Gasteiger partial charge in [-0.3, -0.25) is 4.79 Å². The van der Waals surface area contributed by atoms with E-state index in [4.69, 9.17) is 18.9 Å². The van der Waals surface area contributed by atoms with Gasteiger partial charge in [-0.25, -0.2) is 0 Å². The van der Waals surface area contributed by atoms with Crippen LogP contribution in [0.3, 0.4) is 0 Å². The third-order valence-corrected chi connectivity index (χ3v) is 6.96. The standard InChI is InChI=1S/C28H29F3O5S/c1-16(2)10-13-23(37-27(32)17-8-7-9-18(14-17)28(29,30)31)19-15-22(35-5)24-20(33-3)11-12-21(34-4)25(24)26(19)36-6/h7-12,14-15,23H,13H2,1-6H3. The predicted molar refractivity (Wildman–Crippen MR) is 140 cm³/mol. The van der Waals surface area contributed by atoms with Crippen molar-refractivity contribution in [3.63, 3.8) is 0 Å². The number of allylic oxidation sites excluding steroid dienone is 2. The Labute approximate surface area is 218 Å². The van der Waals surface area contributed by atoms with E-state index in [-0.39, 0.29) is 5.56 Å². The van der Waals surface area contributed by atoms with Crippen molar-refractivity contribution < 1.29 is 36.9 Å². The average Bonchev–Trinajstić information content (AvgIpc) is 2.88. The molecule has 0 saturated carbocycles. The van der Waals surface area contributed by atoms with Gasteiger partial charge in [0.1, 0.15) is 23.0 Å². The fourth-order valence-corrected chi connectivity index (χ4v) is 5.04. The summed E-state index contributed by atoms with van der Waals surface area (Å²) in [4.78, 5) is 13.3. The molecule has 0 aromatic heterocycles. The molecule has 37 heavy (non-hydrogen) atoms. The highest BCUT2D eigenvalue weighted by atomic mass is 32.2. The summed E-state index contributed by atoms with van der Waals surface area (Å²) in [6, 6.07) is 9.72. The molecule has 3 aromatic rings. The first-order valence-corrected chi connectivity index (χ1v) is 12.2. The van der Waals surface area contributed by atoms with Gasteiger partial charge in [0.25, 0.3) is 0 Å². The minimum absolute atomic E-state index is 0.0343. The van der Waals surface area contributed by atoms with Crippen LogP contribution in [0.15, 0.2) is 54.1 Å². The molecule has 1 unspecified atom stereocenters. The van der Waals surface area contributed by atoms with Gasteiger partial charge in [0.05, 0.1) is 44.8 Å². The third-order valence-electron chi connectivity index (χ3n) is 5.78. The van der Waals surface area contributed by atoms with Gasteiger partial charge in [-0.15, -0.1) is 0 Å². The molecule has 0 saturated heterocycles. The monoisotopic (exact) mass is 534 g/mol. The van der Waals surface area contributed by atoms with Crippen molar-refractivity contribution in [1.29, 1.82) is 0 Å². The fourth-order valence-electron chi connectivity index (χ4n) is 4.02. The SMILES string of the molecule is COc1ccc(OC)c2c(OC)c(C(CC=C(C)C)SC(=O)c3cccc(C(F)(F)F)c3)cc(OC)c12. The van der Waals surface area contributed by atoms with Gasteiger partial charge >= 0.3 is 6.18 Å². The van der Waals surface area contributed by atoms with Crippen LogP contribution in [0.5, 0.6) is 23.0 Å². The first-order valence-electron chi connectivity index (χ1n) is 11.4. The Balaban J connectivity index is 2.21. The van der Waals surface area contributed by atoms with Crippen LogP contribution in [-0.4, -0.2) is 33.6 Å². The average molecular weight is 535 g/mol. The lowest BCUT2D eigenvalue weighted by Crippen LogP contribution is -2.08. The molecular weight excluding hydrogens is 505 g/mol. The molecule has 1 atom stereocenters. The Bertz CT molecular complexity index is 1310. The second-order valence-corrected chi connectivity index (χ2v) is 9.59. The van der Waals surface area contributed by atoms with Gasteiger partial charge in [0.15, 0.2) is 0 Å². The van der Waals surface area contributed by atoms with Crippen LogP contribution in [0.4, 0.5) is 13.2 Å². The van der Waals surface area contributed by atoms with Gasteiger partial charge in [-0.05, 0) is 50.6 Å². The summed E-state index contributed by atoms with van der Waals surface area (Å²) >= 11 is 0.934. The fraction of sp³-hybridized carbons (Fsp3) is 0.321. The summed E-state index contributed by atoms with van der Waals surface area (Å²) in [5, 5.41) is 0.256. The summed E-state index contributed by atoms with van der Waals surface area (Å²) < 4.78 is 62.5. The molecule has 3 aromatic carbocycles. The number of carbonyl (C=O) groups excluding carboxylic acids is 1. The number of fused-ring (bicyclic) bond motifs is 1. The van der Waals surface area contributed by atoms with E-state index in [9.17, 15) is 18.0 Å². The molecule has 198 valence electrons. The molecule has 0 aliphatic heterocycles. The minimum atomic E-state index is -4.55. The lowest BCUT2D eigenvalue weighted by Gasteiger charge is -2.23. The molecule has 0 aliphatic carbocycles. The number of hydrogen-bond donors (Lipinski definition) is 0. The number of hydrogen-bond acceptors (Lipinski definition) is 6. The molecule has 0 amide bonds. The van der Waals surface area contributed by atoms with Crippen molar-refractivity contribution in [2.24, 2.45) is 0 Å². The van der Waals surface area contributed by atoms with E-state index in [1.807, 2.05) is 19.9 Å². The van der Waals surface area contributed by atoms with Crippen molar-refractivity contribution in [1.82, 2.24) is 0 Å². The van der Waals surface area contributed by atoms with E-state index in [2.05, 4.69) is 0 Å². The van der Waals surface area contributed by atoms with Crippen LogP contribution >= 0.6 is 11.8 Å². The van der Waals surface area contributed by atoms with Gasteiger partial charge < -0.3 is 18.9 Å². The number of benzene rings is 3. The van der Waals surface area contributed by atoms with Crippen LogP contribution < -0.4 is 18.9 Å². The molecule has 0 bridgehead atoms. The predicted octanol–water partition coefficient (Wildman–Crippen LogP) is 7.86. The molecular formula is C28H29F3O5S. The topological polar surface area (TPSA) is 54.0 Å². The molecule has 0 N–H and O–H groups in total. The van der Waals surface area contributed by atoms with E-state index >= 15 is 0 Å². The largest absolute Gasteiger partial charge is 0.496 e. The Morgan fingerprint density at radius 1 is 0.892 bits per heavy atom. The Kier molecular flexibility index (Phi) is 9.02. The number of methoxy groups -OCH3 is 4. The molecule has 9 heteroatoms. The first-order chi connectivity index (χ1) is 17.5. The molecule has 0 radical (unpaired) electrons. The van der Waals surface area contributed by atoms with Crippen LogP contribution in [0.25, 0.3) is 10.8 Å². The number of rotatable bonds is 9. The number of carbonyl (C=O) groups is 1. The maximum Gasteiger partial charge on any atom is 0.416 e. The van der Waals surface area contributed by atoms with Gasteiger partial charge in [0.2, 0.25) is 5.12 Å². The highest BCUT2D eigenvalue weighted by molar-refractivity contribution is 8.14. The van der Waals surface area contributed by atoms with E-state index in [0.29, 0.717) is 45.8 Å². The normalized spacial score (nSPS) is 12.1. The lowest BCUT2D eigenvalue weighted by atomic mass is 9.98. The molecule has 3 rings (SSSR count). The smallest absolute Gasteiger partial charge is 0.416 e. The summed E-state index contributed by atoms with van der Waals surface area (Å²) in [5.41, 5.74) is 0.763. The number of halogens is 3. The molecule has 0 heterocycles. The van der Waals surface area contributed by atoms with Crippen LogP contribution in [0.2, 0.25) is 0 Å². The highest BCUT2D eigenvalue weighted by Crippen LogP contribution is 2.51. The van der Waals surface area contributed by atoms with Crippen molar-refractivity contribution >= 4 is 27.6 Å². The molecule has 0 aliphatic rings. The van der Waals surface area contributed by atoms with Crippen LogP contribution in [0.1, 0.15) is 47.0 Å². The zero-order valence-corrected chi connectivity index (χ0v) is 22.3. The Hall–Kier alpha value is -3.33. The van der Waals surface area contributed by atoms with Gasteiger partial charge in [-0.1, -0.05) is 35.5 Å². The molecule has 5 nitrogen and oxygen atoms in total. The number of thioether (sulfide) groups is 1. The zero-order valence-electron chi connectivity index (χ0n) is 21.5. The lowest BCUT2D eigenvalue weighted by molar-refractivity contribution is -0.137. The molecule has 0 spiro atoms. The second-order valence-electron chi connectivity index (χ2n) is 8.41. The number of ether oxygens (including phenoxy) is 4. The quantitative estimate of drug-likeness (QED) is 0.261. The Morgan fingerprint density at radius 3 is 2.05 bits per heavy atom. The summed E-state index contributed by atoms with van der Waals surface area (Å²) in [7, 11) is 6.12. The van der Waals surface area contributed by atoms with Crippen LogP contribution in [0, 0.1) is 0 Å². The van der Waals surface area contributed by atoms with E-state index < -0.39 is 22.1 Å².